The van der Waals surface area contributed by atoms with Gasteiger partial charge in [-0.15, -0.1) is 0 Å². The van der Waals surface area contributed by atoms with Crippen molar-refractivity contribution in [2.45, 2.75) is 149 Å². The molecule has 1 nitrogen and oxygen atoms in total. The number of benzene rings is 1. The van der Waals surface area contributed by atoms with Crippen molar-refractivity contribution in [1.82, 2.24) is 0 Å². The Morgan fingerprint density at radius 2 is 1.28 bits per heavy atom. The molecule has 0 amide bonds. The predicted molar refractivity (Wildman–Crippen MR) is 160 cm³/mol. The van der Waals surface area contributed by atoms with Gasteiger partial charge in [0.05, 0.1) is 0 Å². The van der Waals surface area contributed by atoms with Crippen LogP contribution < -0.4 is 0 Å². The number of hydrogen-bond acceptors (Lipinski definition) is 1. The summed E-state index contributed by atoms with van der Waals surface area (Å²) in [4.78, 5) is 0. The van der Waals surface area contributed by atoms with Crippen LogP contribution in [0.4, 0.5) is 0 Å². The first-order chi connectivity index (χ1) is 17.6. The van der Waals surface area contributed by atoms with E-state index in [0.29, 0.717) is 18.4 Å². The molecule has 0 spiro atoms. The van der Waals surface area contributed by atoms with Gasteiger partial charge in [-0.25, -0.2) is 0 Å². The van der Waals surface area contributed by atoms with E-state index >= 15 is 0 Å². The van der Waals surface area contributed by atoms with Crippen molar-refractivity contribution in [2.75, 3.05) is 6.61 Å². The summed E-state index contributed by atoms with van der Waals surface area (Å²) in [5.74, 6) is 4.31. The van der Waals surface area contributed by atoms with Crippen LogP contribution in [0.15, 0.2) is 30.3 Å². The van der Waals surface area contributed by atoms with E-state index in [-0.39, 0.29) is 0 Å². The molecule has 0 bridgehead atoms. The average Bonchev–Trinajstić information content (AvgIpc) is 3.66. The molecule has 0 saturated heterocycles. The molecule has 1 fully saturated rings. The van der Waals surface area contributed by atoms with Crippen LogP contribution in [0.25, 0.3) is 0 Å². The first-order valence-corrected chi connectivity index (χ1v) is 16.2. The lowest BCUT2D eigenvalue weighted by atomic mass is 9.77. The summed E-state index contributed by atoms with van der Waals surface area (Å²) in [7, 11) is 0. The normalized spacial score (nSPS) is 20.7. The van der Waals surface area contributed by atoms with E-state index in [2.05, 4.69) is 58.0 Å². The van der Waals surface area contributed by atoms with Crippen molar-refractivity contribution in [3.63, 3.8) is 0 Å². The zero-order valence-corrected chi connectivity index (χ0v) is 24.7. The van der Waals surface area contributed by atoms with Gasteiger partial charge in [0.25, 0.3) is 0 Å². The summed E-state index contributed by atoms with van der Waals surface area (Å²) in [6.45, 7) is 9.88. The van der Waals surface area contributed by atoms with Gasteiger partial charge in [0.1, 0.15) is 0 Å². The van der Waals surface area contributed by atoms with Gasteiger partial charge in [0.15, 0.2) is 0 Å². The summed E-state index contributed by atoms with van der Waals surface area (Å²) in [6.07, 6.45) is 25.6. The molecule has 0 aromatic heterocycles. The van der Waals surface area contributed by atoms with Gasteiger partial charge in [-0.2, -0.15) is 0 Å². The highest BCUT2D eigenvalue weighted by Gasteiger charge is 2.42. The Bertz CT molecular complexity index is 625. The van der Waals surface area contributed by atoms with Crippen LogP contribution in [0.2, 0.25) is 0 Å². The fraction of sp³-hybridized carbons (Fsp3) is 0.829. The van der Waals surface area contributed by atoms with E-state index in [4.69, 9.17) is 0 Å². The zero-order valence-electron chi connectivity index (χ0n) is 24.7. The van der Waals surface area contributed by atoms with E-state index in [1.54, 1.807) is 5.56 Å². The summed E-state index contributed by atoms with van der Waals surface area (Å²) in [6, 6.07) is 11.3. The van der Waals surface area contributed by atoms with Crippen molar-refractivity contribution in [1.29, 1.82) is 0 Å². The molecule has 1 aromatic rings. The highest BCUT2D eigenvalue weighted by atomic mass is 16.3. The Morgan fingerprint density at radius 1 is 0.750 bits per heavy atom. The monoisotopic (exact) mass is 498 g/mol. The van der Waals surface area contributed by atoms with E-state index in [0.717, 1.165) is 23.7 Å². The SMILES string of the molecule is CCCCCCCCCCCCCCCCC(C)CC(c1ccccc1)C(C)CC1CC1C(C)CO. The number of rotatable bonds is 23. The van der Waals surface area contributed by atoms with E-state index in [1.165, 1.54) is 116 Å². The molecular formula is C35H62O. The van der Waals surface area contributed by atoms with E-state index in [9.17, 15) is 5.11 Å². The lowest BCUT2D eigenvalue weighted by molar-refractivity contribution is 0.213. The van der Waals surface area contributed by atoms with Crippen LogP contribution >= 0.6 is 0 Å². The molecule has 1 N–H and O–H groups in total. The van der Waals surface area contributed by atoms with Gasteiger partial charge in [-0.1, -0.05) is 154 Å². The van der Waals surface area contributed by atoms with Crippen molar-refractivity contribution in [2.24, 2.45) is 29.6 Å². The predicted octanol–water partition coefficient (Wildman–Crippen LogP) is 11.0. The Kier molecular flexibility index (Phi) is 16.8. The second-order valence-corrected chi connectivity index (χ2v) is 12.8. The first kappa shape index (κ1) is 31.4. The minimum absolute atomic E-state index is 0.355. The molecule has 36 heavy (non-hydrogen) atoms. The van der Waals surface area contributed by atoms with Gasteiger partial charge in [0.2, 0.25) is 0 Å². The highest BCUT2D eigenvalue weighted by molar-refractivity contribution is 5.20. The molecule has 208 valence electrons. The fourth-order valence-corrected chi connectivity index (χ4v) is 6.65. The van der Waals surface area contributed by atoms with Crippen LogP contribution in [0.3, 0.4) is 0 Å². The van der Waals surface area contributed by atoms with Crippen LogP contribution in [0, 0.1) is 29.6 Å². The number of aliphatic hydroxyl groups is 1. The largest absolute Gasteiger partial charge is 0.396 e. The lowest BCUT2D eigenvalue weighted by Crippen LogP contribution is -2.15. The molecule has 1 aromatic carbocycles. The molecule has 1 aliphatic rings. The molecule has 6 atom stereocenters. The maximum atomic E-state index is 9.53. The van der Waals surface area contributed by atoms with Crippen molar-refractivity contribution in [3.05, 3.63) is 35.9 Å². The summed E-state index contributed by atoms with van der Waals surface area (Å²) in [5, 5.41) is 9.53. The standard InChI is InChI=1S/C35H62O/c1-5-6-7-8-9-10-11-12-13-14-15-16-17-19-22-29(2)25-34(32-23-20-18-21-24-32)30(3)26-33-27-35(33)31(4)28-36/h18,20-21,23-24,29-31,33-36H,5-17,19,22,25-28H2,1-4H3. The molecule has 1 saturated carbocycles. The quantitative estimate of drug-likeness (QED) is 0.149. The van der Waals surface area contributed by atoms with Crippen LogP contribution in [0.5, 0.6) is 0 Å². The second kappa shape index (κ2) is 19.3. The maximum Gasteiger partial charge on any atom is 0.0459 e. The maximum absolute atomic E-state index is 9.53. The van der Waals surface area contributed by atoms with Gasteiger partial charge in [-0.05, 0) is 60.3 Å². The zero-order chi connectivity index (χ0) is 26.0. The lowest BCUT2D eigenvalue weighted by Gasteiger charge is -2.28. The fourth-order valence-electron chi connectivity index (χ4n) is 6.65. The van der Waals surface area contributed by atoms with Crippen LogP contribution in [-0.4, -0.2) is 11.7 Å². The topological polar surface area (TPSA) is 20.2 Å². The average molecular weight is 499 g/mol. The second-order valence-electron chi connectivity index (χ2n) is 12.8. The Labute approximate surface area is 226 Å². The molecular weight excluding hydrogens is 436 g/mol. The van der Waals surface area contributed by atoms with Gasteiger partial charge >= 0.3 is 0 Å². The third-order valence-electron chi connectivity index (χ3n) is 9.29. The van der Waals surface area contributed by atoms with Crippen molar-refractivity contribution in [3.8, 4) is 0 Å². The number of aliphatic hydroxyl groups excluding tert-OH is 1. The van der Waals surface area contributed by atoms with Crippen LogP contribution in [-0.2, 0) is 0 Å². The van der Waals surface area contributed by atoms with E-state index < -0.39 is 0 Å². The van der Waals surface area contributed by atoms with Crippen molar-refractivity contribution < 1.29 is 5.11 Å². The highest BCUT2D eigenvalue weighted by Crippen LogP contribution is 2.50. The summed E-state index contributed by atoms with van der Waals surface area (Å²) in [5.41, 5.74) is 1.55. The van der Waals surface area contributed by atoms with Gasteiger partial charge in [-0.3, -0.25) is 0 Å². The van der Waals surface area contributed by atoms with Gasteiger partial charge < -0.3 is 5.11 Å². The molecule has 6 unspecified atom stereocenters. The smallest absolute Gasteiger partial charge is 0.0459 e. The van der Waals surface area contributed by atoms with Gasteiger partial charge in [0, 0.05) is 6.61 Å². The number of hydrogen-bond donors (Lipinski definition) is 1. The third kappa shape index (κ3) is 13.1. The summed E-state index contributed by atoms with van der Waals surface area (Å²) >= 11 is 0. The van der Waals surface area contributed by atoms with E-state index in [1.807, 2.05) is 0 Å². The molecule has 0 radical (unpaired) electrons. The Balaban J connectivity index is 1.57. The summed E-state index contributed by atoms with van der Waals surface area (Å²) < 4.78 is 0. The van der Waals surface area contributed by atoms with Crippen molar-refractivity contribution >= 4 is 0 Å². The Hall–Kier alpha value is -0.820. The molecule has 0 heterocycles. The molecule has 2 rings (SSSR count). The Morgan fingerprint density at radius 3 is 1.81 bits per heavy atom. The molecule has 1 heteroatoms. The minimum Gasteiger partial charge on any atom is -0.396 e. The van der Waals surface area contributed by atoms with Crippen LogP contribution in [0.1, 0.15) is 155 Å². The molecule has 1 aliphatic carbocycles. The third-order valence-corrected chi connectivity index (χ3v) is 9.29. The number of unbranched alkanes of at least 4 members (excludes halogenated alkanes) is 13. The minimum atomic E-state index is 0.355. The molecule has 0 aliphatic heterocycles. The first-order valence-electron chi connectivity index (χ1n) is 16.2.